The molecule has 0 rings (SSSR count). The summed E-state index contributed by atoms with van der Waals surface area (Å²) < 4.78 is 11.3. The van der Waals surface area contributed by atoms with Gasteiger partial charge in [-0.3, -0.25) is 26.5 Å². The first kappa shape index (κ1) is 49.6. The molecule has 0 heterocycles. The summed E-state index contributed by atoms with van der Waals surface area (Å²) in [6, 6.07) is 0. The number of likely N-dealkylation sites (N-methyl/N-ethyl adjacent to an activating group) is 1. The van der Waals surface area contributed by atoms with E-state index in [9.17, 15) is 9.59 Å². The van der Waals surface area contributed by atoms with Gasteiger partial charge in [0.15, 0.2) is 23.8 Å². The van der Waals surface area contributed by atoms with E-state index in [2.05, 4.69) is 21.3 Å². The minimum absolute atomic E-state index is 0.0240. The third-order valence-corrected chi connectivity index (χ3v) is 8.59. The van der Waals surface area contributed by atoms with Crippen LogP contribution in [0.2, 0.25) is 0 Å². The molecule has 19 heteroatoms. The Labute approximate surface area is 323 Å². The zero-order chi connectivity index (χ0) is 40.2. The Bertz CT molecular complexity index is 903. The SMILES string of the molecule is CN(CCOC(=O)N(CCCCCCNC(=N)N)CCCCCCNC(=N)N)CCOC(=O)N(CCCCCCNC(=N)N)CCCCCCNC(=N)N. The Hall–Kier alpha value is -4.42. The lowest BCUT2D eigenvalue weighted by atomic mass is 10.1. The number of guanidine groups is 4. The molecule has 0 fully saturated rings. The van der Waals surface area contributed by atoms with Crippen LogP contribution >= 0.6 is 0 Å². The number of carbonyl (C=O) groups excluding carboxylic acids is 2. The predicted octanol–water partition coefficient (Wildman–Crippen LogP) is 1.97. The van der Waals surface area contributed by atoms with Crippen molar-refractivity contribution in [3.8, 4) is 0 Å². The number of rotatable bonds is 34. The number of hydrogen-bond donors (Lipinski definition) is 12. The Morgan fingerprint density at radius 3 is 0.907 bits per heavy atom. The van der Waals surface area contributed by atoms with Gasteiger partial charge in [0.05, 0.1) is 0 Å². The van der Waals surface area contributed by atoms with Crippen molar-refractivity contribution < 1.29 is 19.1 Å². The van der Waals surface area contributed by atoms with E-state index in [1.807, 2.05) is 11.9 Å². The first-order valence-electron chi connectivity index (χ1n) is 19.8. The topological polar surface area (TPSA) is 310 Å². The number of carbonyl (C=O) groups is 2. The van der Waals surface area contributed by atoms with Gasteiger partial charge in [-0.1, -0.05) is 51.4 Å². The molecule has 0 unspecified atom stereocenters. The Balaban J connectivity index is 4.69. The standard InChI is InChI=1S/C35H75N15O4/c1-48(26-28-53-34(51)49(22-14-6-2-10-18-44-30(36)37)23-15-7-3-11-19-45-31(38)39)27-29-54-35(52)50(24-16-8-4-12-20-46-32(40)41)25-17-9-5-13-21-47-33(42)43/h2-29H2,1H3,(H4,36,37,44)(H4,38,39,45)(H4,40,41,46)(H4,42,43,47). The van der Waals surface area contributed by atoms with Crippen molar-refractivity contribution in [1.29, 1.82) is 21.6 Å². The third-order valence-electron chi connectivity index (χ3n) is 8.59. The number of amides is 2. The van der Waals surface area contributed by atoms with Crippen molar-refractivity contribution in [3.05, 3.63) is 0 Å². The van der Waals surface area contributed by atoms with Gasteiger partial charge in [0.1, 0.15) is 13.2 Å². The molecule has 0 aliphatic rings. The summed E-state index contributed by atoms with van der Waals surface area (Å²) in [5, 5.41) is 40.2. The summed E-state index contributed by atoms with van der Waals surface area (Å²) in [6.07, 6.45) is 14.1. The maximum absolute atomic E-state index is 13.0. The van der Waals surface area contributed by atoms with Gasteiger partial charge in [-0.25, -0.2) is 9.59 Å². The highest BCUT2D eigenvalue weighted by Crippen LogP contribution is 2.09. The fourth-order valence-electron chi connectivity index (χ4n) is 5.48. The Kier molecular flexibility index (Phi) is 31.5. The van der Waals surface area contributed by atoms with Gasteiger partial charge in [-0.05, 0) is 58.4 Å². The number of unbranched alkanes of at least 4 members (excludes halogenated alkanes) is 12. The lowest BCUT2D eigenvalue weighted by molar-refractivity contribution is 0.0793. The molecule has 0 aromatic carbocycles. The van der Waals surface area contributed by atoms with Crippen LogP contribution in [0.3, 0.4) is 0 Å². The number of hydrogen-bond acceptors (Lipinski definition) is 9. The van der Waals surface area contributed by atoms with E-state index in [4.69, 9.17) is 54.0 Å². The van der Waals surface area contributed by atoms with Crippen LogP contribution < -0.4 is 44.2 Å². The summed E-state index contributed by atoms with van der Waals surface area (Å²) in [5.41, 5.74) is 21.3. The van der Waals surface area contributed by atoms with Gasteiger partial charge in [-0.2, -0.15) is 0 Å². The van der Waals surface area contributed by atoms with Crippen LogP contribution in [0.15, 0.2) is 0 Å². The van der Waals surface area contributed by atoms with Crippen molar-refractivity contribution in [2.45, 2.75) is 103 Å². The second-order valence-electron chi connectivity index (χ2n) is 13.5. The first-order chi connectivity index (χ1) is 25.9. The van der Waals surface area contributed by atoms with Gasteiger partial charge in [-0.15, -0.1) is 0 Å². The molecular weight excluding hydrogens is 694 g/mol. The lowest BCUT2D eigenvalue weighted by Gasteiger charge is -2.24. The van der Waals surface area contributed by atoms with Crippen LogP contribution in [0.1, 0.15) is 103 Å². The summed E-state index contributed by atoms with van der Waals surface area (Å²) in [4.78, 5) is 31.6. The van der Waals surface area contributed by atoms with Crippen molar-refractivity contribution in [2.24, 2.45) is 22.9 Å². The molecule has 0 aromatic heterocycles. The van der Waals surface area contributed by atoms with Gasteiger partial charge in [0, 0.05) is 65.4 Å². The first-order valence-corrected chi connectivity index (χ1v) is 19.8. The van der Waals surface area contributed by atoms with Crippen molar-refractivity contribution in [2.75, 3.05) is 85.7 Å². The van der Waals surface area contributed by atoms with E-state index in [1.54, 1.807) is 9.80 Å². The van der Waals surface area contributed by atoms with E-state index in [0.717, 1.165) is 103 Å². The van der Waals surface area contributed by atoms with Gasteiger partial charge in [0.2, 0.25) is 0 Å². The van der Waals surface area contributed by atoms with Crippen LogP contribution in [0.25, 0.3) is 0 Å². The molecule has 0 aliphatic carbocycles. The van der Waals surface area contributed by atoms with E-state index < -0.39 is 0 Å². The molecule has 314 valence electrons. The van der Waals surface area contributed by atoms with Crippen LogP contribution in [-0.2, 0) is 9.47 Å². The summed E-state index contributed by atoms with van der Waals surface area (Å²) in [6.45, 7) is 6.56. The maximum atomic E-state index is 13.0. The van der Waals surface area contributed by atoms with Crippen LogP contribution in [-0.4, -0.2) is 136 Å². The fourth-order valence-corrected chi connectivity index (χ4v) is 5.48. The average Bonchev–Trinajstić information content (AvgIpc) is 3.10. The van der Waals surface area contributed by atoms with Crippen LogP contribution in [0.5, 0.6) is 0 Å². The molecule has 2 amide bonds. The van der Waals surface area contributed by atoms with Gasteiger partial charge >= 0.3 is 12.2 Å². The normalized spacial score (nSPS) is 10.7. The van der Waals surface area contributed by atoms with E-state index >= 15 is 0 Å². The van der Waals surface area contributed by atoms with Crippen molar-refractivity contribution >= 4 is 36.0 Å². The van der Waals surface area contributed by atoms with Crippen LogP contribution in [0, 0.1) is 21.6 Å². The summed E-state index contributed by atoms with van der Waals surface area (Å²) >= 11 is 0. The highest BCUT2D eigenvalue weighted by Gasteiger charge is 2.17. The monoisotopic (exact) mass is 770 g/mol. The van der Waals surface area contributed by atoms with Crippen molar-refractivity contribution in [3.63, 3.8) is 0 Å². The van der Waals surface area contributed by atoms with E-state index in [0.29, 0.717) is 65.4 Å². The third kappa shape index (κ3) is 33.4. The predicted molar refractivity (Wildman–Crippen MR) is 217 cm³/mol. The molecule has 0 atom stereocenters. The fraction of sp³-hybridized carbons (Fsp3) is 0.829. The molecule has 0 saturated heterocycles. The number of nitrogens with zero attached hydrogens (tertiary/aromatic N) is 3. The number of nitrogens with one attached hydrogen (secondary N) is 8. The largest absolute Gasteiger partial charge is 0.448 e. The molecule has 19 nitrogen and oxygen atoms in total. The minimum Gasteiger partial charge on any atom is -0.448 e. The highest BCUT2D eigenvalue weighted by atomic mass is 16.6. The molecule has 0 spiro atoms. The van der Waals surface area contributed by atoms with Gasteiger partial charge in [0.25, 0.3) is 0 Å². The molecule has 0 aliphatic heterocycles. The molecule has 0 radical (unpaired) electrons. The average molecular weight is 770 g/mol. The molecule has 0 saturated carbocycles. The number of nitrogens with two attached hydrogens (primary N) is 4. The number of ether oxygens (including phenoxy) is 2. The molecule has 0 bridgehead atoms. The smallest absolute Gasteiger partial charge is 0.409 e. The zero-order valence-corrected chi connectivity index (χ0v) is 33.1. The van der Waals surface area contributed by atoms with E-state index in [-0.39, 0.29) is 49.2 Å². The maximum Gasteiger partial charge on any atom is 0.409 e. The van der Waals surface area contributed by atoms with E-state index in [1.165, 1.54) is 0 Å². The molecule has 0 aromatic rings. The zero-order valence-electron chi connectivity index (χ0n) is 33.1. The molecule has 54 heavy (non-hydrogen) atoms. The Morgan fingerprint density at radius 2 is 0.667 bits per heavy atom. The Morgan fingerprint density at radius 1 is 0.426 bits per heavy atom. The van der Waals surface area contributed by atoms with Crippen LogP contribution in [0.4, 0.5) is 9.59 Å². The van der Waals surface area contributed by atoms with Gasteiger partial charge < -0.3 is 63.5 Å². The lowest BCUT2D eigenvalue weighted by Crippen LogP contribution is -2.37. The summed E-state index contributed by atoms with van der Waals surface area (Å²) in [5.74, 6) is -0.0960. The second kappa shape index (κ2) is 34.4. The molecular formula is C35H75N15O4. The quantitative estimate of drug-likeness (QED) is 0.0253. The second-order valence-corrected chi connectivity index (χ2v) is 13.5. The highest BCUT2D eigenvalue weighted by molar-refractivity contribution is 5.75. The summed E-state index contributed by atoms with van der Waals surface area (Å²) in [7, 11) is 1.90. The van der Waals surface area contributed by atoms with Crippen molar-refractivity contribution in [1.82, 2.24) is 36.0 Å². The minimum atomic E-state index is -0.327. The molecule has 16 N–H and O–H groups in total.